The number of rotatable bonds is 38. The van der Waals surface area contributed by atoms with Gasteiger partial charge in [-0.15, -0.1) is 0 Å². The van der Waals surface area contributed by atoms with Crippen molar-refractivity contribution in [3.63, 3.8) is 0 Å². The van der Waals surface area contributed by atoms with E-state index < -0.39 is 67.9 Å². The third-order valence-electron chi connectivity index (χ3n) is 15.4. The molecule has 0 N–H and O–H groups in total. The van der Waals surface area contributed by atoms with Gasteiger partial charge in [0.05, 0.1) is 66.1 Å². The monoisotopic (exact) mass is 1400 g/mol. The molecule has 0 aliphatic heterocycles. The second-order valence-corrected chi connectivity index (χ2v) is 29.2. The van der Waals surface area contributed by atoms with E-state index in [9.17, 15) is 0 Å². The standard InChI is InChI=1S/C76H76O18P4/c77-95(83-53-63-35-15-3-16-36-63,84-54-64-37-17-4-18-38-64)91-73-71(81-51-61-31-11-1-12-32-61)74(92-96(78,85-55-65-39-19-5-20-40-65)86-56-66-41-21-6-22-42-66)76(94-98(80,89-59-69-47-27-9-28-48-69)90-60-70-49-29-10-30-50-70)72(82-52-62-33-13-2-14-34-62)75(73)93-97(79,87-57-67-43-23-7-24-44-67)88-58-68-45-25-8-26-46-68/h1-50,71-76H,51-60H2/t71?,72?,73-,74-,75-,76-/m0/s1. The average Bonchev–Trinajstić information content (AvgIpc) is 0.743. The zero-order valence-corrected chi connectivity index (χ0v) is 57.1. The minimum Gasteiger partial charge on any atom is -0.368 e. The Morgan fingerprint density at radius 1 is 0.173 bits per heavy atom. The van der Waals surface area contributed by atoms with Crippen LogP contribution in [0, 0.1) is 0 Å². The first kappa shape index (κ1) is 71.8. The van der Waals surface area contributed by atoms with Gasteiger partial charge in [-0.05, 0) is 55.6 Å². The van der Waals surface area contributed by atoms with Gasteiger partial charge in [0.1, 0.15) is 36.6 Å². The summed E-state index contributed by atoms with van der Waals surface area (Å²) in [6, 6.07) is 89.5. The van der Waals surface area contributed by atoms with Crippen LogP contribution in [0.5, 0.6) is 0 Å². The molecular weight excluding hydrogens is 1320 g/mol. The van der Waals surface area contributed by atoms with Crippen molar-refractivity contribution in [3.8, 4) is 0 Å². The molecule has 0 unspecified atom stereocenters. The van der Waals surface area contributed by atoms with Crippen molar-refractivity contribution >= 4 is 31.3 Å². The molecule has 0 spiro atoms. The third kappa shape index (κ3) is 22.3. The molecule has 1 aliphatic rings. The number of hydrogen-bond acceptors (Lipinski definition) is 18. The SMILES string of the molecule is O=P(OCc1ccccc1)(OCc1ccccc1)O[C@H]1C(OCc2ccccc2)[C@H](OP(=O)(OCc2ccccc2)OCc2ccccc2)[C@@H](OP(=O)(OCc2ccccc2)OCc2ccccc2)C(OCc2ccccc2)[C@@H]1OP(=O)(OCc1ccccc1)OCc1ccccc1. The lowest BCUT2D eigenvalue weighted by Gasteiger charge is -2.50. The van der Waals surface area contributed by atoms with Crippen LogP contribution in [0.2, 0.25) is 0 Å². The van der Waals surface area contributed by atoms with Crippen LogP contribution in [0.4, 0.5) is 0 Å². The summed E-state index contributed by atoms with van der Waals surface area (Å²) in [7, 11) is -20.5. The van der Waals surface area contributed by atoms with Gasteiger partial charge in [-0.3, -0.25) is 54.3 Å². The van der Waals surface area contributed by atoms with Crippen molar-refractivity contribution in [2.24, 2.45) is 0 Å². The van der Waals surface area contributed by atoms with E-state index in [-0.39, 0.29) is 66.1 Å². The van der Waals surface area contributed by atoms with E-state index >= 15 is 18.3 Å². The maximum absolute atomic E-state index is 16.5. The molecule has 0 aromatic heterocycles. The van der Waals surface area contributed by atoms with E-state index in [2.05, 4.69) is 0 Å². The molecule has 0 amide bonds. The summed E-state index contributed by atoms with van der Waals surface area (Å²) in [5.74, 6) is 0. The molecule has 1 fully saturated rings. The van der Waals surface area contributed by atoms with Gasteiger partial charge in [0.25, 0.3) is 0 Å². The van der Waals surface area contributed by atoms with E-state index in [1.165, 1.54) is 0 Å². The summed E-state index contributed by atoms with van der Waals surface area (Å²) in [4.78, 5) is 0. The van der Waals surface area contributed by atoms with E-state index in [1.807, 2.05) is 60.7 Å². The highest BCUT2D eigenvalue weighted by molar-refractivity contribution is 7.49. The smallest absolute Gasteiger partial charge is 0.368 e. The molecule has 1 saturated carbocycles. The van der Waals surface area contributed by atoms with Gasteiger partial charge >= 0.3 is 31.3 Å². The summed E-state index contributed by atoms with van der Waals surface area (Å²) in [5, 5.41) is 0. The Balaban J connectivity index is 1.15. The summed E-state index contributed by atoms with van der Waals surface area (Å²) >= 11 is 0. The van der Waals surface area contributed by atoms with E-state index in [4.69, 9.17) is 63.8 Å². The molecule has 0 bridgehead atoms. The fraction of sp³-hybridized carbons (Fsp3) is 0.211. The Bertz CT molecular complexity index is 3450. The van der Waals surface area contributed by atoms with Crippen LogP contribution < -0.4 is 0 Å². The highest BCUT2D eigenvalue weighted by Crippen LogP contribution is 2.63. The Kier molecular flexibility index (Phi) is 26.8. The molecule has 18 nitrogen and oxygen atoms in total. The first-order valence-electron chi connectivity index (χ1n) is 31.9. The number of phosphoric ester groups is 4. The molecule has 10 aromatic rings. The number of hydrogen-bond donors (Lipinski definition) is 0. The van der Waals surface area contributed by atoms with Gasteiger partial charge in [-0.1, -0.05) is 303 Å². The second-order valence-electron chi connectivity index (χ2n) is 22.7. The Morgan fingerprint density at radius 3 is 0.429 bits per heavy atom. The van der Waals surface area contributed by atoms with Crippen molar-refractivity contribution < 1.29 is 82.0 Å². The van der Waals surface area contributed by atoms with Crippen LogP contribution >= 0.6 is 31.3 Å². The fourth-order valence-electron chi connectivity index (χ4n) is 10.3. The van der Waals surface area contributed by atoms with Crippen LogP contribution in [-0.4, -0.2) is 36.6 Å². The van der Waals surface area contributed by atoms with Crippen LogP contribution in [0.25, 0.3) is 0 Å². The number of phosphoric acid groups is 4. The molecule has 508 valence electrons. The van der Waals surface area contributed by atoms with Crippen LogP contribution in [0.3, 0.4) is 0 Å². The highest BCUT2D eigenvalue weighted by atomic mass is 31.2. The maximum Gasteiger partial charge on any atom is 0.475 e. The first-order valence-corrected chi connectivity index (χ1v) is 37.7. The third-order valence-corrected chi connectivity index (χ3v) is 20.9. The summed E-state index contributed by atoms with van der Waals surface area (Å²) in [6.45, 7) is -3.31. The lowest BCUT2D eigenvalue weighted by molar-refractivity contribution is -0.240. The van der Waals surface area contributed by atoms with Crippen molar-refractivity contribution in [3.05, 3.63) is 359 Å². The van der Waals surface area contributed by atoms with Gasteiger partial charge < -0.3 is 9.47 Å². The fourth-order valence-corrected chi connectivity index (χ4v) is 15.7. The van der Waals surface area contributed by atoms with Gasteiger partial charge in [-0.2, -0.15) is 0 Å². The molecule has 0 saturated heterocycles. The molecule has 0 radical (unpaired) electrons. The lowest BCUT2D eigenvalue weighted by Crippen LogP contribution is -2.67. The van der Waals surface area contributed by atoms with Crippen LogP contribution in [0.1, 0.15) is 55.6 Å². The van der Waals surface area contributed by atoms with Crippen molar-refractivity contribution in [2.45, 2.75) is 103 Å². The molecule has 98 heavy (non-hydrogen) atoms. The predicted molar refractivity (Wildman–Crippen MR) is 370 cm³/mol. The molecular formula is C76H76O18P4. The molecule has 10 aromatic carbocycles. The Labute approximate surface area is 572 Å². The van der Waals surface area contributed by atoms with Crippen LogP contribution in [0.15, 0.2) is 303 Å². The minimum absolute atomic E-state index is 0.306. The number of benzene rings is 10. The topological polar surface area (TPSA) is 197 Å². The Morgan fingerprint density at radius 2 is 0.296 bits per heavy atom. The molecule has 0 heterocycles. The normalized spacial score (nSPS) is 17.5. The summed E-state index contributed by atoms with van der Waals surface area (Å²) in [6.07, 6.45) is -11.8. The van der Waals surface area contributed by atoms with Crippen LogP contribution in [-0.2, 0) is 148 Å². The Hall–Kier alpha value is -7.44. The summed E-state index contributed by atoms with van der Waals surface area (Å²) < 4.78 is 160. The molecule has 11 rings (SSSR count). The first-order chi connectivity index (χ1) is 47.9. The second kappa shape index (κ2) is 36.6. The van der Waals surface area contributed by atoms with Gasteiger partial charge in [0, 0.05) is 0 Å². The highest BCUT2D eigenvalue weighted by Gasteiger charge is 2.62. The molecule has 22 heteroatoms. The lowest BCUT2D eigenvalue weighted by atomic mass is 9.84. The summed E-state index contributed by atoms with van der Waals surface area (Å²) in [5.41, 5.74) is 5.79. The van der Waals surface area contributed by atoms with Crippen molar-refractivity contribution in [1.82, 2.24) is 0 Å². The zero-order chi connectivity index (χ0) is 67.6. The maximum atomic E-state index is 16.5. The molecule has 1 aliphatic carbocycles. The van der Waals surface area contributed by atoms with E-state index in [0.717, 1.165) is 0 Å². The quantitative estimate of drug-likeness (QED) is 0.0331. The van der Waals surface area contributed by atoms with Gasteiger partial charge in [-0.25, -0.2) is 18.3 Å². The van der Waals surface area contributed by atoms with E-state index in [1.54, 1.807) is 243 Å². The molecule has 4 atom stereocenters. The van der Waals surface area contributed by atoms with Crippen molar-refractivity contribution in [2.75, 3.05) is 0 Å². The number of ether oxygens (including phenoxy) is 2. The van der Waals surface area contributed by atoms with Gasteiger partial charge in [0.15, 0.2) is 0 Å². The van der Waals surface area contributed by atoms with Crippen molar-refractivity contribution in [1.29, 1.82) is 0 Å². The largest absolute Gasteiger partial charge is 0.475 e. The predicted octanol–water partition coefficient (Wildman–Crippen LogP) is 18.9. The minimum atomic E-state index is -5.14. The zero-order valence-electron chi connectivity index (χ0n) is 53.5. The average molecular weight is 1400 g/mol. The van der Waals surface area contributed by atoms with Gasteiger partial charge in [0.2, 0.25) is 0 Å². The van der Waals surface area contributed by atoms with E-state index in [0.29, 0.717) is 55.6 Å².